The summed E-state index contributed by atoms with van der Waals surface area (Å²) in [5, 5.41) is 4.93. The predicted molar refractivity (Wildman–Crippen MR) is 149 cm³/mol. The molecule has 0 spiro atoms. The molecule has 0 bridgehead atoms. The highest BCUT2D eigenvalue weighted by Gasteiger charge is 2.07. The second-order valence-electron chi connectivity index (χ2n) is 8.41. The van der Waals surface area contributed by atoms with Gasteiger partial charge in [0.2, 0.25) is 0 Å². The van der Waals surface area contributed by atoms with E-state index in [2.05, 4.69) is 97.1 Å². The first kappa shape index (κ1) is 21.5. The Labute approximate surface area is 207 Å². The molecule has 0 aliphatic rings. The van der Waals surface area contributed by atoms with Crippen LogP contribution in [-0.4, -0.2) is 21.5 Å². The smallest absolute Gasteiger partial charge is 0.0721 e. The van der Waals surface area contributed by atoms with Crippen molar-refractivity contribution in [3.05, 3.63) is 97.1 Å². The number of aromatic nitrogens is 2. The Balaban J connectivity index is 1.09. The molecular formula is C30H24N2S2. The Hall–Kier alpha value is -3.08. The fraction of sp³-hybridized carbons (Fsp3) is 0.133. The van der Waals surface area contributed by atoms with Gasteiger partial charge in [-0.25, -0.2) is 9.97 Å². The average Bonchev–Trinajstić information content (AvgIpc) is 2.88. The van der Waals surface area contributed by atoms with Gasteiger partial charge in [-0.15, -0.1) is 23.5 Å². The van der Waals surface area contributed by atoms with Crippen LogP contribution in [0.3, 0.4) is 0 Å². The first-order valence-electron chi connectivity index (χ1n) is 11.7. The normalized spacial score (nSPS) is 11.6. The monoisotopic (exact) mass is 476 g/mol. The third-order valence-electron chi connectivity index (χ3n) is 6.10. The Morgan fingerprint density at radius 1 is 0.471 bits per heavy atom. The molecule has 0 saturated heterocycles. The molecule has 4 heteroatoms. The van der Waals surface area contributed by atoms with Crippen LogP contribution in [0.2, 0.25) is 0 Å². The molecule has 4 aromatic carbocycles. The third-order valence-corrected chi connectivity index (χ3v) is 8.41. The Kier molecular flexibility index (Phi) is 6.09. The van der Waals surface area contributed by atoms with Crippen molar-refractivity contribution in [2.75, 3.05) is 11.5 Å². The molecule has 2 aromatic heterocycles. The number of para-hydroxylation sites is 2. The van der Waals surface area contributed by atoms with Gasteiger partial charge in [0.25, 0.3) is 0 Å². The molecule has 0 fully saturated rings. The van der Waals surface area contributed by atoms with Gasteiger partial charge in [0.15, 0.2) is 0 Å². The van der Waals surface area contributed by atoms with Crippen LogP contribution >= 0.6 is 23.5 Å². The highest BCUT2D eigenvalue weighted by Crippen LogP contribution is 2.32. The topological polar surface area (TPSA) is 25.8 Å². The molecule has 0 radical (unpaired) electrons. The first-order chi connectivity index (χ1) is 16.8. The summed E-state index contributed by atoms with van der Waals surface area (Å²) >= 11 is 3.90. The summed E-state index contributed by atoms with van der Waals surface area (Å²) in [5.41, 5.74) is 4.28. The standard InChI is InChI=1S/C30H24N2S2/c1-3-11-25-21(9-1)19-23-27(31-25)13-7-15-29(23)33-17-5-6-18-34-30-16-8-14-28-24(30)20-22-10-2-4-12-26(22)32-28/h1-4,7-16,19-20H,5-6,17-18H2. The first-order valence-corrected chi connectivity index (χ1v) is 13.6. The van der Waals surface area contributed by atoms with Crippen LogP contribution in [0.25, 0.3) is 43.6 Å². The van der Waals surface area contributed by atoms with E-state index in [1.165, 1.54) is 44.2 Å². The average molecular weight is 477 g/mol. The molecule has 6 rings (SSSR count). The van der Waals surface area contributed by atoms with Crippen LogP contribution < -0.4 is 0 Å². The Morgan fingerprint density at radius 3 is 1.41 bits per heavy atom. The van der Waals surface area contributed by atoms with E-state index in [4.69, 9.17) is 9.97 Å². The zero-order chi connectivity index (χ0) is 22.7. The largest absolute Gasteiger partial charge is 0.248 e. The van der Waals surface area contributed by atoms with E-state index < -0.39 is 0 Å². The van der Waals surface area contributed by atoms with Gasteiger partial charge in [-0.1, -0.05) is 48.5 Å². The van der Waals surface area contributed by atoms with Gasteiger partial charge in [0.05, 0.1) is 22.1 Å². The maximum atomic E-state index is 4.85. The molecule has 0 aliphatic carbocycles. The maximum absolute atomic E-state index is 4.85. The molecule has 0 saturated carbocycles. The SMILES string of the molecule is c1ccc2nc3cccc(SCCCCSc4cccc5nc6ccccc6cc45)c3cc2c1. The fourth-order valence-corrected chi connectivity index (χ4v) is 6.49. The summed E-state index contributed by atoms with van der Waals surface area (Å²) in [6, 6.07) is 34.2. The molecule has 0 aliphatic heterocycles. The van der Waals surface area contributed by atoms with Crippen molar-refractivity contribution < 1.29 is 0 Å². The number of rotatable bonds is 7. The number of nitrogens with zero attached hydrogens (tertiary/aromatic N) is 2. The van der Waals surface area contributed by atoms with E-state index in [-0.39, 0.29) is 0 Å². The summed E-state index contributed by atoms with van der Waals surface area (Å²) in [5.74, 6) is 2.24. The molecule has 0 unspecified atom stereocenters. The van der Waals surface area contributed by atoms with Crippen molar-refractivity contribution in [1.82, 2.24) is 9.97 Å². The zero-order valence-corrected chi connectivity index (χ0v) is 20.4. The van der Waals surface area contributed by atoms with Gasteiger partial charge >= 0.3 is 0 Å². The van der Waals surface area contributed by atoms with Crippen molar-refractivity contribution in [3.8, 4) is 0 Å². The lowest BCUT2D eigenvalue weighted by Crippen LogP contribution is -1.88. The molecular weight excluding hydrogens is 452 g/mol. The van der Waals surface area contributed by atoms with Crippen molar-refractivity contribution in [2.45, 2.75) is 22.6 Å². The van der Waals surface area contributed by atoms with Crippen molar-refractivity contribution in [3.63, 3.8) is 0 Å². The van der Waals surface area contributed by atoms with Gasteiger partial charge in [0, 0.05) is 31.3 Å². The number of unbranched alkanes of at least 4 members (excludes halogenated alkanes) is 1. The number of fused-ring (bicyclic) bond motifs is 4. The van der Waals surface area contributed by atoms with Crippen molar-refractivity contribution in [2.24, 2.45) is 0 Å². The molecule has 34 heavy (non-hydrogen) atoms. The van der Waals surface area contributed by atoms with Crippen LogP contribution in [0.1, 0.15) is 12.8 Å². The van der Waals surface area contributed by atoms with Gasteiger partial charge < -0.3 is 0 Å². The molecule has 166 valence electrons. The zero-order valence-electron chi connectivity index (χ0n) is 18.8. The minimum Gasteiger partial charge on any atom is -0.248 e. The molecule has 0 amide bonds. The number of hydrogen-bond acceptors (Lipinski definition) is 4. The maximum Gasteiger partial charge on any atom is 0.0721 e. The highest BCUT2D eigenvalue weighted by atomic mass is 32.2. The van der Waals surface area contributed by atoms with E-state index in [1.54, 1.807) is 0 Å². The number of pyridine rings is 2. The number of benzene rings is 4. The lowest BCUT2D eigenvalue weighted by atomic mass is 10.1. The third kappa shape index (κ3) is 4.36. The lowest BCUT2D eigenvalue weighted by Gasteiger charge is -2.09. The summed E-state index contributed by atoms with van der Waals surface area (Å²) < 4.78 is 0. The van der Waals surface area contributed by atoms with Crippen LogP contribution in [0.4, 0.5) is 0 Å². The van der Waals surface area contributed by atoms with Crippen molar-refractivity contribution in [1.29, 1.82) is 0 Å². The molecule has 2 heterocycles. The number of hydrogen-bond donors (Lipinski definition) is 0. The Bertz CT molecular complexity index is 1500. The molecule has 2 nitrogen and oxygen atoms in total. The quantitative estimate of drug-likeness (QED) is 0.131. The highest BCUT2D eigenvalue weighted by molar-refractivity contribution is 7.99. The van der Waals surface area contributed by atoms with E-state index in [0.29, 0.717) is 0 Å². The van der Waals surface area contributed by atoms with Gasteiger partial charge in [-0.3, -0.25) is 0 Å². The summed E-state index contributed by atoms with van der Waals surface area (Å²) in [6.07, 6.45) is 2.39. The molecule has 0 atom stereocenters. The lowest BCUT2D eigenvalue weighted by molar-refractivity contribution is 0.907. The van der Waals surface area contributed by atoms with Crippen LogP contribution in [0, 0.1) is 0 Å². The van der Waals surface area contributed by atoms with Crippen LogP contribution in [0.15, 0.2) is 107 Å². The van der Waals surface area contributed by atoms with E-state index in [1.807, 2.05) is 23.5 Å². The van der Waals surface area contributed by atoms with Gasteiger partial charge in [0.1, 0.15) is 0 Å². The van der Waals surface area contributed by atoms with Crippen LogP contribution in [-0.2, 0) is 0 Å². The second-order valence-corrected chi connectivity index (χ2v) is 10.7. The summed E-state index contributed by atoms with van der Waals surface area (Å²) in [6.45, 7) is 0. The van der Waals surface area contributed by atoms with Gasteiger partial charge in [-0.2, -0.15) is 0 Å². The molecule has 0 N–H and O–H groups in total. The predicted octanol–water partition coefficient (Wildman–Crippen LogP) is 8.75. The van der Waals surface area contributed by atoms with Crippen LogP contribution in [0.5, 0.6) is 0 Å². The van der Waals surface area contributed by atoms with Crippen molar-refractivity contribution >= 4 is 67.1 Å². The fourth-order valence-electron chi connectivity index (χ4n) is 4.36. The van der Waals surface area contributed by atoms with E-state index in [0.717, 1.165) is 33.6 Å². The van der Waals surface area contributed by atoms with Gasteiger partial charge in [-0.05, 0) is 72.9 Å². The van der Waals surface area contributed by atoms with E-state index >= 15 is 0 Å². The summed E-state index contributed by atoms with van der Waals surface area (Å²) in [4.78, 5) is 12.4. The Morgan fingerprint density at radius 2 is 0.912 bits per heavy atom. The molecule has 6 aromatic rings. The van der Waals surface area contributed by atoms with E-state index in [9.17, 15) is 0 Å². The second kappa shape index (κ2) is 9.65. The number of thioether (sulfide) groups is 2. The minimum absolute atomic E-state index is 1.06. The summed E-state index contributed by atoms with van der Waals surface area (Å²) in [7, 11) is 0. The minimum atomic E-state index is 1.06.